The van der Waals surface area contributed by atoms with Crippen LogP contribution in [0.3, 0.4) is 0 Å². The molecule has 1 aliphatic rings. The lowest BCUT2D eigenvalue weighted by atomic mass is 9.81. The largest absolute Gasteiger partial charge is 0.352 e. The van der Waals surface area contributed by atoms with E-state index in [1.54, 1.807) is 18.2 Å². The van der Waals surface area contributed by atoms with Gasteiger partial charge < -0.3 is 11.1 Å². The fourth-order valence-corrected chi connectivity index (χ4v) is 4.19. The number of hydroxylamine groups is 2. The smallest absolute Gasteiger partial charge is 0.313 e. The van der Waals surface area contributed by atoms with Crippen LogP contribution in [0.5, 0.6) is 0 Å². The molecular formula is C18H21N3O4S. The summed E-state index contributed by atoms with van der Waals surface area (Å²) >= 11 is 0. The fourth-order valence-electron chi connectivity index (χ4n) is 3.19. The van der Waals surface area contributed by atoms with Gasteiger partial charge in [-0.1, -0.05) is 48.5 Å². The third kappa shape index (κ3) is 4.04. The van der Waals surface area contributed by atoms with E-state index in [4.69, 9.17) is 10.0 Å². The minimum atomic E-state index is -3.87. The SMILES string of the molecule is NC(=O)NC1(c2ccccc2)CCN(OS(=O)(=O)c2ccccc2)CC1. The van der Waals surface area contributed by atoms with Gasteiger partial charge in [0.25, 0.3) is 0 Å². The van der Waals surface area contributed by atoms with E-state index in [0.29, 0.717) is 25.9 Å². The number of benzene rings is 2. The van der Waals surface area contributed by atoms with Crippen LogP contribution in [0.2, 0.25) is 0 Å². The maximum absolute atomic E-state index is 12.4. The third-order valence-electron chi connectivity index (χ3n) is 4.50. The van der Waals surface area contributed by atoms with Crippen LogP contribution in [-0.4, -0.2) is 32.6 Å². The topological polar surface area (TPSA) is 102 Å². The summed E-state index contributed by atoms with van der Waals surface area (Å²) < 4.78 is 30.0. The molecule has 1 saturated heterocycles. The van der Waals surface area contributed by atoms with Gasteiger partial charge in [0.05, 0.1) is 10.4 Å². The van der Waals surface area contributed by atoms with Gasteiger partial charge in [-0.15, -0.1) is 0 Å². The normalized spacial score (nSPS) is 17.5. The van der Waals surface area contributed by atoms with E-state index in [9.17, 15) is 13.2 Å². The van der Waals surface area contributed by atoms with Crippen molar-refractivity contribution in [1.82, 2.24) is 10.4 Å². The van der Waals surface area contributed by atoms with Crippen LogP contribution >= 0.6 is 0 Å². The van der Waals surface area contributed by atoms with Crippen LogP contribution in [0, 0.1) is 0 Å². The van der Waals surface area contributed by atoms with Crippen molar-refractivity contribution in [2.24, 2.45) is 5.73 Å². The summed E-state index contributed by atoms with van der Waals surface area (Å²) in [6.07, 6.45) is 0.953. The van der Waals surface area contributed by atoms with E-state index < -0.39 is 21.7 Å². The Bertz CT molecular complexity index is 849. The number of piperidine rings is 1. The maximum Gasteiger partial charge on any atom is 0.313 e. The molecule has 1 heterocycles. The first-order chi connectivity index (χ1) is 12.4. The zero-order valence-electron chi connectivity index (χ0n) is 14.2. The second-order valence-electron chi connectivity index (χ2n) is 6.21. The Labute approximate surface area is 152 Å². The molecule has 26 heavy (non-hydrogen) atoms. The molecule has 138 valence electrons. The molecule has 0 spiro atoms. The predicted octanol–water partition coefficient (Wildman–Crippen LogP) is 1.97. The van der Waals surface area contributed by atoms with E-state index in [2.05, 4.69) is 5.32 Å². The molecule has 3 rings (SSSR count). The van der Waals surface area contributed by atoms with Crippen molar-refractivity contribution >= 4 is 16.1 Å². The van der Waals surface area contributed by atoms with Crippen LogP contribution in [0.15, 0.2) is 65.6 Å². The van der Waals surface area contributed by atoms with E-state index in [1.165, 1.54) is 17.2 Å². The molecule has 1 aliphatic heterocycles. The van der Waals surface area contributed by atoms with Crippen LogP contribution in [0.1, 0.15) is 18.4 Å². The van der Waals surface area contributed by atoms with Crippen LogP contribution in [-0.2, 0) is 19.9 Å². The zero-order valence-corrected chi connectivity index (χ0v) is 15.0. The molecule has 0 aromatic heterocycles. The average Bonchev–Trinajstić information content (AvgIpc) is 2.64. The van der Waals surface area contributed by atoms with Crippen molar-refractivity contribution in [2.75, 3.05) is 13.1 Å². The Morgan fingerprint density at radius 1 is 1.00 bits per heavy atom. The van der Waals surface area contributed by atoms with Gasteiger partial charge >= 0.3 is 16.1 Å². The van der Waals surface area contributed by atoms with Gasteiger partial charge in [-0.2, -0.15) is 17.8 Å². The maximum atomic E-state index is 12.4. The lowest BCUT2D eigenvalue weighted by Crippen LogP contribution is -2.54. The highest BCUT2D eigenvalue weighted by atomic mass is 32.2. The molecule has 8 heteroatoms. The van der Waals surface area contributed by atoms with Crippen molar-refractivity contribution in [3.63, 3.8) is 0 Å². The lowest BCUT2D eigenvalue weighted by molar-refractivity contribution is -0.0830. The molecule has 0 unspecified atom stereocenters. The molecule has 0 bridgehead atoms. The zero-order chi connectivity index (χ0) is 18.6. The van der Waals surface area contributed by atoms with Crippen molar-refractivity contribution < 1.29 is 17.5 Å². The van der Waals surface area contributed by atoms with Gasteiger partial charge in [0.1, 0.15) is 0 Å². The highest BCUT2D eigenvalue weighted by Gasteiger charge is 2.38. The number of carbonyl (C=O) groups excluding carboxylic acids is 1. The van der Waals surface area contributed by atoms with E-state index >= 15 is 0 Å². The van der Waals surface area contributed by atoms with Gasteiger partial charge in [0.2, 0.25) is 0 Å². The average molecular weight is 375 g/mol. The van der Waals surface area contributed by atoms with Crippen molar-refractivity contribution in [1.29, 1.82) is 0 Å². The number of hydrogen-bond acceptors (Lipinski definition) is 5. The Balaban J connectivity index is 1.73. The summed E-state index contributed by atoms with van der Waals surface area (Å²) in [5, 5.41) is 4.24. The van der Waals surface area contributed by atoms with Gasteiger partial charge in [-0.05, 0) is 30.5 Å². The molecule has 2 amide bonds. The second-order valence-corrected chi connectivity index (χ2v) is 7.74. The molecule has 7 nitrogen and oxygen atoms in total. The summed E-state index contributed by atoms with van der Waals surface area (Å²) in [6, 6.07) is 16.9. The molecule has 0 atom stereocenters. The Morgan fingerprint density at radius 2 is 1.54 bits per heavy atom. The molecule has 0 aliphatic carbocycles. The third-order valence-corrected chi connectivity index (χ3v) is 5.76. The van der Waals surface area contributed by atoms with Crippen molar-refractivity contribution in [2.45, 2.75) is 23.3 Å². The highest BCUT2D eigenvalue weighted by Crippen LogP contribution is 2.33. The van der Waals surface area contributed by atoms with Gasteiger partial charge in [0.15, 0.2) is 0 Å². The summed E-state index contributed by atoms with van der Waals surface area (Å²) in [5.41, 5.74) is 5.67. The monoisotopic (exact) mass is 375 g/mol. The molecule has 2 aromatic rings. The number of amides is 2. The first-order valence-corrected chi connectivity index (χ1v) is 9.70. The molecule has 0 radical (unpaired) electrons. The lowest BCUT2D eigenvalue weighted by Gasteiger charge is -2.41. The number of carbonyl (C=O) groups is 1. The Hall–Kier alpha value is -2.42. The predicted molar refractivity (Wildman–Crippen MR) is 96.4 cm³/mol. The summed E-state index contributed by atoms with van der Waals surface area (Å²) in [6.45, 7) is 0.669. The molecule has 2 aromatic carbocycles. The molecule has 3 N–H and O–H groups in total. The molecular weight excluding hydrogens is 354 g/mol. The van der Waals surface area contributed by atoms with E-state index in [-0.39, 0.29) is 4.90 Å². The standard InChI is InChI=1S/C18H21N3O4S/c19-17(22)20-18(15-7-3-1-4-8-15)11-13-21(14-12-18)25-26(23,24)16-9-5-2-6-10-16/h1-10H,11-14H2,(H3,19,20,22). The molecule has 1 fully saturated rings. The van der Waals surface area contributed by atoms with E-state index in [0.717, 1.165) is 5.56 Å². The number of nitrogens with one attached hydrogen (secondary N) is 1. The first-order valence-electron chi connectivity index (χ1n) is 8.29. The van der Waals surface area contributed by atoms with E-state index in [1.807, 2.05) is 30.3 Å². The number of primary amides is 1. The number of urea groups is 1. The first kappa shape index (κ1) is 18.4. The second kappa shape index (κ2) is 7.45. The highest BCUT2D eigenvalue weighted by molar-refractivity contribution is 7.86. The summed E-state index contributed by atoms with van der Waals surface area (Å²) in [7, 11) is -3.87. The number of rotatable bonds is 5. The number of hydrogen-bond donors (Lipinski definition) is 2. The van der Waals surface area contributed by atoms with Gasteiger partial charge in [-0.25, -0.2) is 4.79 Å². The van der Waals surface area contributed by atoms with Gasteiger partial charge in [0, 0.05) is 13.1 Å². The van der Waals surface area contributed by atoms with Crippen LogP contribution in [0.4, 0.5) is 4.79 Å². The molecule has 0 saturated carbocycles. The number of nitrogens with two attached hydrogens (primary N) is 1. The van der Waals surface area contributed by atoms with Crippen LogP contribution in [0.25, 0.3) is 0 Å². The fraction of sp³-hybridized carbons (Fsp3) is 0.278. The van der Waals surface area contributed by atoms with Crippen molar-refractivity contribution in [3.8, 4) is 0 Å². The summed E-state index contributed by atoms with van der Waals surface area (Å²) in [5.74, 6) is 0. The number of nitrogens with zero attached hydrogens (tertiary/aromatic N) is 1. The van der Waals surface area contributed by atoms with Gasteiger partial charge in [-0.3, -0.25) is 0 Å². The minimum absolute atomic E-state index is 0.107. The Morgan fingerprint density at radius 3 is 2.08 bits per heavy atom. The summed E-state index contributed by atoms with van der Waals surface area (Å²) in [4.78, 5) is 11.6. The minimum Gasteiger partial charge on any atom is -0.352 e. The Kier molecular flexibility index (Phi) is 5.26. The van der Waals surface area contributed by atoms with Crippen LogP contribution < -0.4 is 11.1 Å². The quantitative estimate of drug-likeness (QED) is 0.832. The van der Waals surface area contributed by atoms with Crippen molar-refractivity contribution in [3.05, 3.63) is 66.2 Å².